The average molecular weight is 399 g/mol. The van der Waals surface area contributed by atoms with Gasteiger partial charge >= 0.3 is 5.97 Å². The minimum absolute atomic E-state index is 0.270. The SMILES string of the molecule is CCOC(=O)c1[nH]cc2c1Cc1cc(Br)c(Br)cc1C2. The third-order valence-electron chi connectivity index (χ3n) is 3.55. The number of esters is 1. The summed E-state index contributed by atoms with van der Waals surface area (Å²) < 4.78 is 7.19. The summed E-state index contributed by atoms with van der Waals surface area (Å²) in [5.41, 5.74) is 5.37. The van der Waals surface area contributed by atoms with Crippen LogP contribution in [0.2, 0.25) is 0 Å². The van der Waals surface area contributed by atoms with Gasteiger partial charge in [0.15, 0.2) is 0 Å². The quantitative estimate of drug-likeness (QED) is 0.657. The fourth-order valence-corrected chi connectivity index (χ4v) is 3.37. The van der Waals surface area contributed by atoms with Crippen LogP contribution >= 0.6 is 31.9 Å². The van der Waals surface area contributed by atoms with E-state index in [2.05, 4.69) is 49.0 Å². The van der Waals surface area contributed by atoms with Crippen LogP contribution in [0.15, 0.2) is 27.3 Å². The highest BCUT2D eigenvalue weighted by Gasteiger charge is 2.24. The van der Waals surface area contributed by atoms with E-state index in [1.54, 1.807) is 0 Å². The van der Waals surface area contributed by atoms with E-state index in [4.69, 9.17) is 4.74 Å². The molecule has 0 bridgehead atoms. The molecule has 2 aromatic rings. The Morgan fingerprint density at radius 1 is 1.20 bits per heavy atom. The second kappa shape index (κ2) is 5.37. The van der Waals surface area contributed by atoms with Gasteiger partial charge in [-0.25, -0.2) is 4.79 Å². The lowest BCUT2D eigenvalue weighted by Gasteiger charge is -2.18. The van der Waals surface area contributed by atoms with Crippen molar-refractivity contribution < 1.29 is 9.53 Å². The molecule has 1 N–H and O–H groups in total. The van der Waals surface area contributed by atoms with Crippen LogP contribution in [0.4, 0.5) is 0 Å². The molecule has 20 heavy (non-hydrogen) atoms. The zero-order valence-electron chi connectivity index (χ0n) is 10.9. The third-order valence-corrected chi connectivity index (χ3v) is 5.39. The molecule has 0 amide bonds. The molecular weight excluding hydrogens is 386 g/mol. The number of carbonyl (C=O) groups is 1. The lowest BCUT2D eigenvalue weighted by atomic mass is 9.87. The van der Waals surface area contributed by atoms with Crippen LogP contribution in [-0.4, -0.2) is 17.6 Å². The molecule has 1 heterocycles. The molecule has 1 aliphatic carbocycles. The number of H-pyrrole nitrogens is 1. The standard InChI is InChI=1S/C15H13Br2NO2/c1-2-20-15(19)14-11-4-9-6-13(17)12(16)5-8(9)3-10(11)7-18-14/h5-7,18H,2-4H2,1H3. The maximum Gasteiger partial charge on any atom is 0.355 e. The predicted molar refractivity (Wildman–Crippen MR) is 84.2 cm³/mol. The summed E-state index contributed by atoms with van der Waals surface area (Å²) in [7, 11) is 0. The van der Waals surface area contributed by atoms with E-state index >= 15 is 0 Å². The van der Waals surface area contributed by atoms with E-state index in [-0.39, 0.29) is 5.97 Å². The molecule has 0 radical (unpaired) electrons. The topological polar surface area (TPSA) is 42.1 Å². The van der Waals surface area contributed by atoms with Crippen molar-refractivity contribution in [3.8, 4) is 0 Å². The Hall–Kier alpha value is -1.07. The number of hydrogen-bond acceptors (Lipinski definition) is 2. The summed E-state index contributed by atoms with van der Waals surface area (Å²) in [6.07, 6.45) is 3.52. The van der Waals surface area contributed by atoms with Gasteiger partial charge in [0.2, 0.25) is 0 Å². The molecule has 0 saturated carbocycles. The minimum Gasteiger partial charge on any atom is -0.461 e. The Morgan fingerprint density at radius 2 is 1.85 bits per heavy atom. The Morgan fingerprint density at radius 3 is 2.50 bits per heavy atom. The van der Waals surface area contributed by atoms with Gasteiger partial charge in [-0.3, -0.25) is 0 Å². The van der Waals surface area contributed by atoms with Gasteiger partial charge in [0.05, 0.1) is 6.61 Å². The molecule has 0 fully saturated rings. The number of halogens is 2. The maximum atomic E-state index is 11.9. The highest BCUT2D eigenvalue weighted by molar-refractivity contribution is 9.13. The highest BCUT2D eigenvalue weighted by Crippen LogP contribution is 2.34. The van der Waals surface area contributed by atoms with Crippen molar-refractivity contribution in [3.05, 3.63) is 55.2 Å². The van der Waals surface area contributed by atoms with E-state index in [0.717, 1.165) is 27.4 Å². The first-order valence-electron chi connectivity index (χ1n) is 6.43. The first kappa shape index (κ1) is 13.9. The number of fused-ring (bicyclic) bond motifs is 2. The number of ether oxygens (including phenoxy) is 1. The molecule has 1 aliphatic rings. The number of rotatable bonds is 2. The third kappa shape index (κ3) is 2.33. The van der Waals surface area contributed by atoms with Gasteiger partial charge in [-0.15, -0.1) is 0 Å². The van der Waals surface area contributed by atoms with Crippen molar-refractivity contribution in [3.63, 3.8) is 0 Å². The number of nitrogens with one attached hydrogen (secondary N) is 1. The molecule has 0 saturated heterocycles. The van der Waals surface area contributed by atoms with Crippen LogP contribution in [0.1, 0.15) is 39.7 Å². The van der Waals surface area contributed by atoms with E-state index in [1.807, 2.05) is 13.1 Å². The van der Waals surface area contributed by atoms with Crippen molar-refractivity contribution in [1.29, 1.82) is 0 Å². The normalized spacial score (nSPS) is 12.8. The molecule has 0 atom stereocenters. The molecular formula is C15H13Br2NO2. The number of carbonyl (C=O) groups excluding carboxylic acids is 1. The van der Waals surface area contributed by atoms with Crippen molar-refractivity contribution in [2.24, 2.45) is 0 Å². The smallest absolute Gasteiger partial charge is 0.355 e. The molecule has 5 heteroatoms. The number of benzene rings is 1. The molecule has 3 nitrogen and oxygen atoms in total. The summed E-state index contributed by atoms with van der Waals surface area (Å²) in [4.78, 5) is 15.0. The number of aromatic nitrogens is 1. The molecule has 1 aromatic carbocycles. The van der Waals surface area contributed by atoms with E-state index < -0.39 is 0 Å². The van der Waals surface area contributed by atoms with Crippen molar-refractivity contribution >= 4 is 37.8 Å². The zero-order valence-corrected chi connectivity index (χ0v) is 14.1. The Kier molecular flexibility index (Phi) is 3.73. The van der Waals surface area contributed by atoms with Gasteiger partial charge in [-0.1, -0.05) is 0 Å². The summed E-state index contributed by atoms with van der Waals surface area (Å²) in [5.74, 6) is -0.270. The van der Waals surface area contributed by atoms with Gasteiger partial charge in [0, 0.05) is 21.6 Å². The second-order valence-corrected chi connectivity index (χ2v) is 6.49. The lowest BCUT2D eigenvalue weighted by molar-refractivity contribution is 0.0519. The summed E-state index contributed by atoms with van der Waals surface area (Å²) >= 11 is 7.07. The van der Waals surface area contributed by atoms with E-state index in [1.165, 1.54) is 16.7 Å². The van der Waals surface area contributed by atoms with Gasteiger partial charge in [-0.2, -0.15) is 0 Å². The van der Waals surface area contributed by atoms with Crippen LogP contribution in [-0.2, 0) is 17.6 Å². The largest absolute Gasteiger partial charge is 0.461 e. The van der Waals surface area contributed by atoms with Crippen molar-refractivity contribution in [1.82, 2.24) is 4.98 Å². The van der Waals surface area contributed by atoms with E-state index in [0.29, 0.717) is 12.3 Å². The van der Waals surface area contributed by atoms with Crippen molar-refractivity contribution in [2.75, 3.05) is 6.61 Å². The summed E-state index contributed by atoms with van der Waals surface area (Å²) in [5, 5.41) is 0. The Balaban J connectivity index is 2.00. The first-order valence-corrected chi connectivity index (χ1v) is 8.01. The summed E-state index contributed by atoms with van der Waals surface area (Å²) in [6.45, 7) is 2.21. The zero-order chi connectivity index (χ0) is 14.3. The molecule has 0 unspecified atom stereocenters. The molecule has 0 aliphatic heterocycles. The minimum atomic E-state index is -0.270. The maximum absolute atomic E-state index is 11.9. The Bertz CT molecular complexity index is 691. The average Bonchev–Trinajstić information content (AvgIpc) is 2.81. The van der Waals surface area contributed by atoms with Gasteiger partial charge in [0.1, 0.15) is 5.69 Å². The number of hydrogen-bond donors (Lipinski definition) is 1. The summed E-state index contributed by atoms with van der Waals surface area (Å²) in [6, 6.07) is 4.25. The van der Waals surface area contributed by atoms with Crippen LogP contribution in [0.25, 0.3) is 0 Å². The predicted octanol–water partition coefficient (Wildman–Crippen LogP) is 4.21. The highest BCUT2D eigenvalue weighted by atomic mass is 79.9. The molecule has 0 spiro atoms. The monoisotopic (exact) mass is 397 g/mol. The second-order valence-electron chi connectivity index (χ2n) is 4.78. The van der Waals surface area contributed by atoms with Gasteiger partial charge in [0.25, 0.3) is 0 Å². The lowest BCUT2D eigenvalue weighted by Crippen LogP contribution is -2.12. The van der Waals surface area contributed by atoms with Crippen molar-refractivity contribution in [2.45, 2.75) is 19.8 Å². The van der Waals surface area contributed by atoms with Gasteiger partial charge < -0.3 is 9.72 Å². The Labute approximate surface area is 134 Å². The van der Waals surface area contributed by atoms with Crippen LogP contribution in [0.3, 0.4) is 0 Å². The van der Waals surface area contributed by atoms with Crippen LogP contribution < -0.4 is 0 Å². The van der Waals surface area contributed by atoms with Crippen LogP contribution in [0.5, 0.6) is 0 Å². The fourth-order valence-electron chi connectivity index (χ4n) is 2.59. The first-order chi connectivity index (χ1) is 9.60. The molecule has 104 valence electrons. The van der Waals surface area contributed by atoms with E-state index in [9.17, 15) is 4.79 Å². The fraction of sp³-hybridized carbons (Fsp3) is 0.267. The molecule has 3 rings (SSSR count). The molecule has 1 aromatic heterocycles. The van der Waals surface area contributed by atoms with Gasteiger partial charge in [-0.05, 0) is 79.6 Å². The van der Waals surface area contributed by atoms with Crippen LogP contribution in [0, 0.1) is 0 Å². The number of aromatic amines is 1.